The SMILES string of the molecule is O=C(NCc1cc2nc(N3CCOc4cc(Cl)cnc43)ccc2cn1)c1ccc2c(c1)S(=O)(=O)CCOC2. The number of benzene rings is 1. The zero-order chi connectivity index (χ0) is 26.3. The van der Waals surface area contributed by atoms with Crippen LogP contribution in [0.2, 0.25) is 5.02 Å². The number of nitrogens with zero attached hydrogens (tertiary/aromatic N) is 4. The van der Waals surface area contributed by atoms with Gasteiger partial charge in [-0.3, -0.25) is 9.78 Å². The smallest absolute Gasteiger partial charge is 0.251 e. The molecule has 3 aromatic heterocycles. The molecule has 0 fully saturated rings. The number of carbonyl (C=O) groups excluding carboxylic acids is 1. The van der Waals surface area contributed by atoms with Crippen LogP contribution in [-0.4, -0.2) is 54.8 Å². The van der Waals surface area contributed by atoms with Crippen LogP contribution in [0.1, 0.15) is 21.6 Å². The first-order valence-electron chi connectivity index (χ1n) is 11.9. The predicted octanol–water partition coefficient (Wildman–Crippen LogP) is 3.44. The fraction of sp³-hybridized carbons (Fsp3) is 0.231. The van der Waals surface area contributed by atoms with Crippen LogP contribution in [0.4, 0.5) is 11.6 Å². The number of pyridine rings is 3. The van der Waals surface area contributed by atoms with E-state index < -0.39 is 15.7 Å². The Balaban J connectivity index is 1.22. The Morgan fingerprint density at radius 2 is 1.97 bits per heavy atom. The molecule has 1 N–H and O–H groups in total. The van der Waals surface area contributed by atoms with E-state index in [0.29, 0.717) is 52.3 Å². The van der Waals surface area contributed by atoms with E-state index in [1.807, 2.05) is 23.1 Å². The third-order valence-electron chi connectivity index (χ3n) is 6.37. The molecule has 0 saturated carbocycles. The van der Waals surface area contributed by atoms with E-state index in [9.17, 15) is 13.2 Å². The number of anilines is 2. The van der Waals surface area contributed by atoms with E-state index >= 15 is 0 Å². The zero-order valence-corrected chi connectivity index (χ0v) is 21.6. The number of ether oxygens (including phenoxy) is 2. The van der Waals surface area contributed by atoms with Crippen molar-refractivity contribution >= 4 is 49.9 Å². The minimum absolute atomic E-state index is 0.110. The quantitative estimate of drug-likeness (QED) is 0.406. The molecular formula is C26H22ClN5O5S. The highest BCUT2D eigenvalue weighted by molar-refractivity contribution is 7.91. The van der Waals surface area contributed by atoms with Gasteiger partial charge in [-0.2, -0.15) is 0 Å². The molecule has 0 unspecified atom stereocenters. The van der Waals surface area contributed by atoms with Crippen LogP contribution in [0.3, 0.4) is 0 Å². The zero-order valence-electron chi connectivity index (χ0n) is 20.1. The van der Waals surface area contributed by atoms with Crippen LogP contribution in [0, 0.1) is 0 Å². The number of hydrogen-bond donors (Lipinski definition) is 1. The summed E-state index contributed by atoms with van der Waals surface area (Å²) in [4.78, 5) is 28.6. The van der Waals surface area contributed by atoms with Crippen molar-refractivity contribution in [2.45, 2.75) is 18.0 Å². The third-order valence-corrected chi connectivity index (χ3v) is 8.33. The average Bonchev–Trinajstić information content (AvgIpc) is 3.08. The van der Waals surface area contributed by atoms with Gasteiger partial charge in [-0.15, -0.1) is 0 Å². The van der Waals surface area contributed by atoms with Crippen molar-refractivity contribution in [3.63, 3.8) is 0 Å². The predicted molar refractivity (Wildman–Crippen MR) is 141 cm³/mol. The molecule has 0 aliphatic carbocycles. The molecule has 5 heterocycles. The number of halogens is 1. The van der Waals surface area contributed by atoms with Gasteiger partial charge in [0.15, 0.2) is 21.4 Å². The Labute approximate surface area is 223 Å². The van der Waals surface area contributed by atoms with Crippen LogP contribution in [0.15, 0.2) is 59.8 Å². The van der Waals surface area contributed by atoms with E-state index in [4.69, 9.17) is 26.1 Å². The number of amides is 1. The van der Waals surface area contributed by atoms with Crippen LogP contribution in [-0.2, 0) is 27.7 Å². The summed E-state index contributed by atoms with van der Waals surface area (Å²) in [7, 11) is -3.51. The van der Waals surface area contributed by atoms with Crippen molar-refractivity contribution < 1.29 is 22.7 Å². The molecule has 1 amide bonds. The molecule has 4 aromatic rings. The topological polar surface area (TPSA) is 124 Å². The Morgan fingerprint density at radius 3 is 2.87 bits per heavy atom. The molecule has 0 saturated heterocycles. The minimum atomic E-state index is -3.51. The largest absolute Gasteiger partial charge is 0.488 e. The normalized spacial score (nSPS) is 16.2. The summed E-state index contributed by atoms with van der Waals surface area (Å²) in [5.41, 5.74) is 2.13. The average molecular weight is 552 g/mol. The summed E-state index contributed by atoms with van der Waals surface area (Å²) in [5, 5.41) is 4.16. The second kappa shape index (κ2) is 9.82. The second-order valence-electron chi connectivity index (χ2n) is 8.89. The lowest BCUT2D eigenvalue weighted by Crippen LogP contribution is -2.30. The Kier molecular flexibility index (Phi) is 6.34. The number of carbonyl (C=O) groups is 1. The molecule has 10 nitrogen and oxygen atoms in total. The van der Waals surface area contributed by atoms with E-state index in [-0.39, 0.29) is 36.0 Å². The number of rotatable bonds is 4. The van der Waals surface area contributed by atoms with Crippen molar-refractivity contribution in [2.24, 2.45) is 0 Å². The van der Waals surface area contributed by atoms with Gasteiger partial charge >= 0.3 is 0 Å². The van der Waals surface area contributed by atoms with Gasteiger partial charge in [0, 0.05) is 29.4 Å². The Bertz CT molecular complexity index is 1680. The van der Waals surface area contributed by atoms with Gasteiger partial charge in [-0.05, 0) is 35.9 Å². The van der Waals surface area contributed by atoms with Gasteiger partial charge in [0.05, 0.1) is 53.2 Å². The molecule has 38 heavy (non-hydrogen) atoms. The van der Waals surface area contributed by atoms with Gasteiger partial charge in [0.25, 0.3) is 5.91 Å². The van der Waals surface area contributed by atoms with E-state index in [0.717, 1.165) is 5.39 Å². The lowest BCUT2D eigenvalue weighted by molar-refractivity contribution is 0.0950. The van der Waals surface area contributed by atoms with Crippen molar-refractivity contribution in [3.8, 4) is 5.75 Å². The van der Waals surface area contributed by atoms with Gasteiger partial charge in [0.1, 0.15) is 12.4 Å². The van der Waals surface area contributed by atoms with Gasteiger partial charge in [-0.1, -0.05) is 17.7 Å². The lowest BCUT2D eigenvalue weighted by Gasteiger charge is -2.29. The molecule has 0 radical (unpaired) electrons. The summed E-state index contributed by atoms with van der Waals surface area (Å²) >= 11 is 6.06. The van der Waals surface area contributed by atoms with Crippen LogP contribution in [0.25, 0.3) is 10.9 Å². The summed E-state index contributed by atoms with van der Waals surface area (Å²) in [6, 6.07) is 12.0. The van der Waals surface area contributed by atoms with E-state index in [2.05, 4.69) is 15.3 Å². The van der Waals surface area contributed by atoms with Crippen LogP contribution in [0.5, 0.6) is 5.75 Å². The first-order valence-corrected chi connectivity index (χ1v) is 13.9. The maximum absolute atomic E-state index is 12.9. The molecule has 12 heteroatoms. The molecule has 2 aliphatic heterocycles. The fourth-order valence-corrected chi connectivity index (χ4v) is 5.97. The van der Waals surface area contributed by atoms with Crippen LogP contribution >= 0.6 is 11.6 Å². The molecule has 6 rings (SSSR count). The van der Waals surface area contributed by atoms with Crippen molar-refractivity contribution in [2.75, 3.05) is 30.4 Å². The minimum Gasteiger partial charge on any atom is -0.488 e. The molecule has 0 bridgehead atoms. The van der Waals surface area contributed by atoms with Crippen molar-refractivity contribution in [3.05, 3.63) is 76.7 Å². The van der Waals surface area contributed by atoms with Gasteiger partial charge < -0.3 is 19.7 Å². The van der Waals surface area contributed by atoms with E-state index in [1.54, 1.807) is 30.6 Å². The van der Waals surface area contributed by atoms with Crippen molar-refractivity contribution in [1.82, 2.24) is 20.3 Å². The maximum atomic E-state index is 12.9. The molecule has 194 valence electrons. The monoisotopic (exact) mass is 551 g/mol. The van der Waals surface area contributed by atoms with Gasteiger partial charge in [-0.25, -0.2) is 18.4 Å². The number of sulfone groups is 1. The summed E-state index contributed by atoms with van der Waals surface area (Å²) in [6.07, 6.45) is 3.27. The highest BCUT2D eigenvalue weighted by Crippen LogP contribution is 2.35. The first-order chi connectivity index (χ1) is 18.4. The lowest BCUT2D eigenvalue weighted by atomic mass is 10.1. The number of nitrogens with one attached hydrogen (secondary N) is 1. The van der Waals surface area contributed by atoms with Gasteiger partial charge in [0.2, 0.25) is 0 Å². The Morgan fingerprint density at radius 1 is 1.08 bits per heavy atom. The maximum Gasteiger partial charge on any atom is 0.251 e. The van der Waals surface area contributed by atoms with Crippen LogP contribution < -0.4 is 15.0 Å². The summed E-state index contributed by atoms with van der Waals surface area (Å²) < 4.78 is 36.1. The molecular weight excluding hydrogens is 530 g/mol. The Hall–Kier alpha value is -3.80. The highest BCUT2D eigenvalue weighted by Gasteiger charge is 2.24. The number of aromatic nitrogens is 3. The summed E-state index contributed by atoms with van der Waals surface area (Å²) in [6.45, 7) is 1.53. The highest BCUT2D eigenvalue weighted by atomic mass is 35.5. The second-order valence-corrected chi connectivity index (χ2v) is 11.4. The molecule has 0 spiro atoms. The third kappa shape index (κ3) is 4.75. The first kappa shape index (κ1) is 24.5. The number of fused-ring (bicyclic) bond motifs is 3. The van der Waals surface area contributed by atoms with E-state index in [1.165, 1.54) is 6.07 Å². The number of hydrogen-bond acceptors (Lipinski definition) is 9. The molecule has 2 aliphatic rings. The fourth-order valence-electron chi connectivity index (χ4n) is 4.43. The molecule has 0 atom stereocenters. The van der Waals surface area contributed by atoms with Crippen molar-refractivity contribution in [1.29, 1.82) is 0 Å². The molecule has 1 aromatic carbocycles. The summed E-state index contributed by atoms with van der Waals surface area (Å²) in [5.74, 6) is 1.44. The standard InChI is InChI=1S/C26H22ClN5O5S/c27-19-10-22-25(29-13-19)32(5-6-37-22)24-4-3-17-12-28-20(11-21(17)31-24)14-30-26(33)16-1-2-18-15-36-7-8-38(34,35)23(18)9-16/h1-4,9-13H,5-8,14-15H2,(H,30,33).